The van der Waals surface area contributed by atoms with Gasteiger partial charge in [-0.1, -0.05) is 32.0 Å². The summed E-state index contributed by atoms with van der Waals surface area (Å²) in [6.07, 6.45) is 1.59. The number of methoxy groups -OCH3 is 1. The summed E-state index contributed by atoms with van der Waals surface area (Å²) in [6.45, 7) is 6.67. The molecular weight excluding hydrogens is 252 g/mol. The van der Waals surface area contributed by atoms with E-state index in [1.165, 1.54) is 0 Å². The van der Waals surface area contributed by atoms with E-state index in [2.05, 4.69) is 17.6 Å². The van der Waals surface area contributed by atoms with Crippen LogP contribution in [0.15, 0.2) is 24.3 Å². The Hall–Kier alpha value is -1.55. The standard InChI is InChI=1S/C16H26N2O2/c1-4-9-17-10-11-18-16(19)12-13(2)14-7-5-6-8-15(14)20-3/h5-8,13,17H,4,9-12H2,1-3H3,(H,18,19). The van der Waals surface area contributed by atoms with Gasteiger partial charge in [-0.3, -0.25) is 4.79 Å². The summed E-state index contributed by atoms with van der Waals surface area (Å²) >= 11 is 0. The van der Waals surface area contributed by atoms with Crippen LogP contribution >= 0.6 is 0 Å². The summed E-state index contributed by atoms with van der Waals surface area (Å²) in [4.78, 5) is 11.9. The highest BCUT2D eigenvalue weighted by molar-refractivity contribution is 5.76. The van der Waals surface area contributed by atoms with Crippen LogP contribution in [0.3, 0.4) is 0 Å². The highest BCUT2D eigenvalue weighted by Crippen LogP contribution is 2.28. The van der Waals surface area contributed by atoms with Crippen LogP contribution < -0.4 is 15.4 Å². The van der Waals surface area contributed by atoms with Crippen molar-refractivity contribution in [1.29, 1.82) is 0 Å². The molecule has 0 bridgehead atoms. The van der Waals surface area contributed by atoms with Crippen LogP contribution in [0, 0.1) is 0 Å². The molecule has 4 heteroatoms. The fourth-order valence-electron chi connectivity index (χ4n) is 2.13. The van der Waals surface area contributed by atoms with E-state index in [9.17, 15) is 4.79 Å². The Labute approximate surface area is 121 Å². The SMILES string of the molecule is CCCNCCNC(=O)CC(C)c1ccccc1OC. The Balaban J connectivity index is 2.37. The lowest BCUT2D eigenvalue weighted by atomic mass is 9.96. The summed E-state index contributed by atoms with van der Waals surface area (Å²) < 4.78 is 5.33. The molecule has 1 aromatic carbocycles. The topological polar surface area (TPSA) is 50.4 Å². The van der Waals surface area contributed by atoms with Crippen molar-refractivity contribution in [2.24, 2.45) is 0 Å². The zero-order chi connectivity index (χ0) is 14.8. The Bertz CT molecular complexity index is 407. The molecule has 0 saturated carbocycles. The van der Waals surface area contributed by atoms with E-state index in [0.717, 1.165) is 30.8 Å². The number of carbonyl (C=O) groups is 1. The fourth-order valence-corrected chi connectivity index (χ4v) is 2.13. The Morgan fingerprint density at radius 1 is 1.25 bits per heavy atom. The van der Waals surface area contributed by atoms with Crippen molar-refractivity contribution < 1.29 is 9.53 Å². The summed E-state index contributed by atoms with van der Waals surface area (Å²) in [6, 6.07) is 7.85. The summed E-state index contributed by atoms with van der Waals surface area (Å²) in [5, 5.41) is 6.20. The van der Waals surface area contributed by atoms with E-state index < -0.39 is 0 Å². The molecule has 0 aromatic heterocycles. The second-order valence-corrected chi connectivity index (χ2v) is 4.95. The maximum absolute atomic E-state index is 11.9. The first-order chi connectivity index (χ1) is 9.69. The van der Waals surface area contributed by atoms with Gasteiger partial charge in [-0.15, -0.1) is 0 Å². The highest BCUT2D eigenvalue weighted by Gasteiger charge is 2.14. The van der Waals surface area contributed by atoms with Crippen molar-refractivity contribution in [2.45, 2.75) is 32.6 Å². The molecule has 112 valence electrons. The first-order valence-corrected chi connectivity index (χ1v) is 7.29. The van der Waals surface area contributed by atoms with Crippen LogP contribution in [0.4, 0.5) is 0 Å². The van der Waals surface area contributed by atoms with Crippen LogP contribution in [0.2, 0.25) is 0 Å². The van der Waals surface area contributed by atoms with E-state index in [-0.39, 0.29) is 11.8 Å². The lowest BCUT2D eigenvalue weighted by Crippen LogP contribution is -2.32. The average Bonchev–Trinajstić information content (AvgIpc) is 2.46. The first-order valence-electron chi connectivity index (χ1n) is 7.29. The third kappa shape index (κ3) is 5.61. The van der Waals surface area contributed by atoms with E-state index in [4.69, 9.17) is 4.74 Å². The van der Waals surface area contributed by atoms with Crippen LogP contribution in [0.25, 0.3) is 0 Å². The second-order valence-electron chi connectivity index (χ2n) is 4.95. The highest BCUT2D eigenvalue weighted by atomic mass is 16.5. The number of ether oxygens (including phenoxy) is 1. The molecule has 1 atom stereocenters. The molecule has 1 amide bonds. The lowest BCUT2D eigenvalue weighted by Gasteiger charge is -2.15. The maximum Gasteiger partial charge on any atom is 0.220 e. The van der Waals surface area contributed by atoms with Gasteiger partial charge in [-0.05, 0) is 30.5 Å². The van der Waals surface area contributed by atoms with Gasteiger partial charge < -0.3 is 15.4 Å². The number of benzene rings is 1. The molecule has 0 aliphatic heterocycles. The second kappa shape index (κ2) is 9.37. The van der Waals surface area contributed by atoms with Gasteiger partial charge in [0.15, 0.2) is 0 Å². The number of para-hydroxylation sites is 1. The molecule has 4 nitrogen and oxygen atoms in total. The summed E-state index contributed by atoms with van der Waals surface area (Å²) in [5.74, 6) is 1.08. The minimum atomic E-state index is 0.0849. The maximum atomic E-state index is 11.9. The third-order valence-electron chi connectivity index (χ3n) is 3.21. The largest absolute Gasteiger partial charge is 0.496 e. The molecule has 0 fully saturated rings. The average molecular weight is 278 g/mol. The molecule has 2 N–H and O–H groups in total. The van der Waals surface area contributed by atoms with Gasteiger partial charge >= 0.3 is 0 Å². The Morgan fingerprint density at radius 3 is 2.70 bits per heavy atom. The van der Waals surface area contributed by atoms with Crippen molar-refractivity contribution in [3.8, 4) is 5.75 Å². The monoisotopic (exact) mass is 278 g/mol. The lowest BCUT2D eigenvalue weighted by molar-refractivity contribution is -0.121. The van der Waals surface area contributed by atoms with E-state index in [1.807, 2.05) is 31.2 Å². The molecule has 20 heavy (non-hydrogen) atoms. The van der Waals surface area contributed by atoms with Gasteiger partial charge in [0, 0.05) is 19.5 Å². The molecule has 1 rings (SSSR count). The fraction of sp³-hybridized carbons (Fsp3) is 0.562. The normalized spacial score (nSPS) is 11.9. The van der Waals surface area contributed by atoms with Crippen LogP contribution in [0.1, 0.15) is 38.2 Å². The zero-order valence-corrected chi connectivity index (χ0v) is 12.7. The number of nitrogens with one attached hydrogen (secondary N) is 2. The Morgan fingerprint density at radius 2 is 2.00 bits per heavy atom. The quantitative estimate of drug-likeness (QED) is 0.682. The number of hydrogen-bond acceptors (Lipinski definition) is 3. The smallest absolute Gasteiger partial charge is 0.220 e. The molecule has 0 aliphatic carbocycles. The van der Waals surface area contributed by atoms with Crippen LogP contribution in [-0.2, 0) is 4.79 Å². The van der Waals surface area contributed by atoms with E-state index >= 15 is 0 Å². The predicted molar refractivity (Wildman–Crippen MR) is 82.2 cm³/mol. The minimum Gasteiger partial charge on any atom is -0.496 e. The van der Waals surface area contributed by atoms with Crippen molar-refractivity contribution >= 4 is 5.91 Å². The van der Waals surface area contributed by atoms with Crippen molar-refractivity contribution in [3.05, 3.63) is 29.8 Å². The summed E-state index contributed by atoms with van der Waals surface area (Å²) in [7, 11) is 1.66. The van der Waals surface area contributed by atoms with E-state index in [0.29, 0.717) is 13.0 Å². The minimum absolute atomic E-state index is 0.0849. The molecule has 0 heterocycles. The zero-order valence-electron chi connectivity index (χ0n) is 12.7. The van der Waals surface area contributed by atoms with Gasteiger partial charge in [-0.25, -0.2) is 0 Å². The van der Waals surface area contributed by atoms with Gasteiger partial charge in [-0.2, -0.15) is 0 Å². The van der Waals surface area contributed by atoms with Crippen molar-refractivity contribution in [1.82, 2.24) is 10.6 Å². The molecule has 0 radical (unpaired) electrons. The molecule has 0 saturated heterocycles. The number of hydrogen-bond donors (Lipinski definition) is 2. The molecule has 0 spiro atoms. The van der Waals surface area contributed by atoms with Crippen LogP contribution in [0.5, 0.6) is 5.75 Å². The van der Waals surface area contributed by atoms with Gasteiger partial charge in [0.2, 0.25) is 5.91 Å². The third-order valence-corrected chi connectivity index (χ3v) is 3.21. The van der Waals surface area contributed by atoms with E-state index in [1.54, 1.807) is 7.11 Å². The predicted octanol–water partition coefficient (Wildman–Crippen LogP) is 2.30. The number of rotatable bonds is 9. The van der Waals surface area contributed by atoms with Gasteiger partial charge in [0.05, 0.1) is 7.11 Å². The molecular formula is C16H26N2O2. The molecule has 0 aliphatic rings. The van der Waals surface area contributed by atoms with Crippen molar-refractivity contribution in [2.75, 3.05) is 26.7 Å². The van der Waals surface area contributed by atoms with Crippen LogP contribution in [-0.4, -0.2) is 32.7 Å². The molecule has 1 aromatic rings. The Kier molecular flexibility index (Phi) is 7.73. The number of carbonyl (C=O) groups excluding carboxylic acids is 1. The molecule has 1 unspecified atom stereocenters. The van der Waals surface area contributed by atoms with Gasteiger partial charge in [0.25, 0.3) is 0 Å². The van der Waals surface area contributed by atoms with Gasteiger partial charge in [0.1, 0.15) is 5.75 Å². The van der Waals surface area contributed by atoms with Crippen molar-refractivity contribution in [3.63, 3.8) is 0 Å². The summed E-state index contributed by atoms with van der Waals surface area (Å²) in [5.41, 5.74) is 1.08. The number of amides is 1. The first kappa shape index (κ1) is 16.5.